The molecule has 2 unspecified atom stereocenters. The lowest BCUT2D eigenvalue weighted by Crippen LogP contribution is -2.40. The van der Waals surface area contributed by atoms with Gasteiger partial charge in [0.15, 0.2) is 0 Å². The number of fused-ring (bicyclic) bond motifs is 3. The van der Waals surface area contributed by atoms with Crippen molar-refractivity contribution in [2.45, 2.75) is 38.3 Å². The van der Waals surface area contributed by atoms with Crippen molar-refractivity contribution in [3.8, 4) is 11.3 Å². The first-order chi connectivity index (χ1) is 11.2. The van der Waals surface area contributed by atoms with Gasteiger partial charge < -0.3 is 16.0 Å². The van der Waals surface area contributed by atoms with Crippen LogP contribution in [0.1, 0.15) is 36.8 Å². The Morgan fingerprint density at radius 2 is 2.09 bits per heavy atom. The predicted octanol–water partition coefficient (Wildman–Crippen LogP) is 2.53. The van der Waals surface area contributed by atoms with Crippen LogP contribution in [0.25, 0.3) is 11.3 Å². The summed E-state index contributed by atoms with van der Waals surface area (Å²) < 4.78 is 0. The molecule has 120 valence electrons. The minimum absolute atomic E-state index is 0.334. The molecular formula is C18H23N5. The third kappa shape index (κ3) is 2.27. The molecule has 23 heavy (non-hydrogen) atoms. The standard InChI is InChI=1S/C18H23N5/c1-11-10-14-16(13-7-4-3-6-12(11)13)21-18(19)22-17(14)23-9-5-8-15(23)20-2/h3-4,6-7,11,15,20H,5,8-10H2,1-2H3,(H2,19,21,22). The van der Waals surface area contributed by atoms with E-state index in [0.29, 0.717) is 18.0 Å². The van der Waals surface area contributed by atoms with Crippen LogP contribution in [0.2, 0.25) is 0 Å². The van der Waals surface area contributed by atoms with Crippen molar-refractivity contribution in [1.29, 1.82) is 0 Å². The summed E-state index contributed by atoms with van der Waals surface area (Å²) in [6.07, 6.45) is 3.62. The second-order valence-corrected chi connectivity index (χ2v) is 6.57. The van der Waals surface area contributed by atoms with E-state index in [2.05, 4.69) is 51.4 Å². The van der Waals surface area contributed by atoms with Crippen molar-refractivity contribution in [1.82, 2.24) is 15.3 Å². The second kappa shape index (κ2) is 5.49. The Morgan fingerprint density at radius 3 is 2.91 bits per heavy atom. The Bertz CT molecular complexity index is 742. The number of benzene rings is 1. The summed E-state index contributed by atoms with van der Waals surface area (Å²) in [6.45, 7) is 3.30. The highest BCUT2D eigenvalue weighted by molar-refractivity contribution is 5.76. The summed E-state index contributed by atoms with van der Waals surface area (Å²) >= 11 is 0. The van der Waals surface area contributed by atoms with Crippen LogP contribution in [-0.2, 0) is 6.42 Å². The largest absolute Gasteiger partial charge is 0.368 e. The molecule has 4 rings (SSSR count). The van der Waals surface area contributed by atoms with Gasteiger partial charge in [-0.25, -0.2) is 4.98 Å². The fourth-order valence-corrected chi connectivity index (χ4v) is 4.02. The smallest absolute Gasteiger partial charge is 0.222 e. The first-order valence-electron chi connectivity index (χ1n) is 8.38. The summed E-state index contributed by atoms with van der Waals surface area (Å²) in [5.74, 6) is 1.86. The quantitative estimate of drug-likeness (QED) is 0.892. The lowest BCUT2D eigenvalue weighted by molar-refractivity contribution is 0.575. The van der Waals surface area contributed by atoms with E-state index in [0.717, 1.165) is 30.9 Å². The van der Waals surface area contributed by atoms with Crippen LogP contribution >= 0.6 is 0 Å². The topological polar surface area (TPSA) is 67.1 Å². The van der Waals surface area contributed by atoms with E-state index in [1.165, 1.54) is 23.1 Å². The molecule has 1 saturated heterocycles. The third-order valence-electron chi connectivity index (χ3n) is 5.12. The number of nitrogens with one attached hydrogen (secondary N) is 1. The van der Waals surface area contributed by atoms with Gasteiger partial charge in [-0.2, -0.15) is 4.98 Å². The number of hydrogen-bond acceptors (Lipinski definition) is 5. The van der Waals surface area contributed by atoms with Crippen molar-refractivity contribution in [3.63, 3.8) is 0 Å². The van der Waals surface area contributed by atoms with Crippen LogP contribution in [0, 0.1) is 0 Å². The second-order valence-electron chi connectivity index (χ2n) is 6.57. The molecule has 1 aromatic heterocycles. The molecule has 0 amide bonds. The number of nitrogen functional groups attached to an aromatic ring is 1. The molecule has 2 aromatic rings. The molecule has 0 saturated carbocycles. The Hall–Kier alpha value is -2.14. The van der Waals surface area contributed by atoms with E-state index in [1.807, 2.05) is 7.05 Å². The van der Waals surface area contributed by atoms with Crippen molar-refractivity contribution in [3.05, 3.63) is 35.4 Å². The van der Waals surface area contributed by atoms with Crippen LogP contribution in [0.5, 0.6) is 0 Å². The normalized spacial score (nSPS) is 22.8. The zero-order valence-electron chi connectivity index (χ0n) is 13.7. The molecule has 1 fully saturated rings. The minimum atomic E-state index is 0.334. The number of hydrogen-bond donors (Lipinski definition) is 2. The van der Waals surface area contributed by atoms with Gasteiger partial charge in [-0.1, -0.05) is 31.2 Å². The van der Waals surface area contributed by atoms with Gasteiger partial charge in [0.05, 0.1) is 11.9 Å². The Morgan fingerprint density at radius 1 is 1.26 bits per heavy atom. The molecule has 1 aliphatic heterocycles. The van der Waals surface area contributed by atoms with Gasteiger partial charge in [0, 0.05) is 17.7 Å². The molecule has 3 N–H and O–H groups in total. The summed E-state index contributed by atoms with van der Waals surface area (Å²) in [5, 5.41) is 3.39. The highest BCUT2D eigenvalue weighted by atomic mass is 15.3. The van der Waals surface area contributed by atoms with Crippen LogP contribution in [0.4, 0.5) is 11.8 Å². The monoisotopic (exact) mass is 309 g/mol. The van der Waals surface area contributed by atoms with Crippen molar-refractivity contribution >= 4 is 11.8 Å². The van der Waals surface area contributed by atoms with E-state index in [9.17, 15) is 0 Å². The number of nitrogens with zero attached hydrogens (tertiary/aromatic N) is 3. The zero-order chi connectivity index (χ0) is 16.0. The average molecular weight is 309 g/mol. The zero-order valence-corrected chi connectivity index (χ0v) is 13.7. The molecule has 5 nitrogen and oxygen atoms in total. The van der Waals surface area contributed by atoms with E-state index in [4.69, 9.17) is 5.73 Å². The fraction of sp³-hybridized carbons (Fsp3) is 0.444. The van der Waals surface area contributed by atoms with E-state index in [-0.39, 0.29) is 0 Å². The molecule has 0 radical (unpaired) electrons. The number of anilines is 2. The highest BCUT2D eigenvalue weighted by Crippen LogP contribution is 2.42. The van der Waals surface area contributed by atoms with Crippen LogP contribution < -0.4 is 16.0 Å². The van der Waals surface area contributed by atoms with Gasteiger partial charge in [0.25, 0.3) is 0 Å². The van der Waals surface area contributed by atoms with Gasteiger partial charge in [-0.15, -0.1) is 0 Å². The van der Waals surface area contributed by atoms with E-state index < -0.39 is 0 Å². The summed E-state index contributed by atoms with van der Waals surface area (Å²) in [7, 11) is 2.01. The molecule has 2 atom stereocenters. The molecule has 5 heteroatoms. The van der Waals surface area contributed by atoms with Crippen LogP contribution in [-0.4, -0.2) is 29.7 Å². The molecular weight excluding hydrogens is 286 g/mol. The van der Waals surface area contributed by atoms with Crippen molar-refractivity contribution in [2.75, 3.05) is 24.2 Å². The van der Waals surface area contributed by atoms with Crippen LogP contribution in [0.3, 0.4) is 0 Å². The SMILES string of the molecule is CNC1CCCN1c1nc(N)nc2c1CC(C)c1ccccc1-2. The fourth-order valence-electron chi connectivity index (χ4n) is 4.02. The molecule has 2 heterocycles. The first kappa shape index (κ1) is 14.5. The number of rotatable bonds is 2. The van der Waals surface area contributed by atoms with Gasteiger partial charge in [-0.3, -0.25) is 0 Å². The molecule has 1 aromatic carbocycles. The Labute approximate surface area is 136 Å². The minimum Gasteiger partial charge on any atom is -0.368 e. The first-order valence-corrected chi connectivity index (χ1v) is 8.38. The lowest BCUT2D eigenvalue weighted by Gasteiger charge is -2.32. The maximum atomic E-state index is 6.06. The van der Waals surface area contributed by atoms with E-state index >= 15 is 0 Å². The molecule has 0 bridgehead atoms. The molecule has 2 aliphatic rings. The number of aromatic nitrogens is 2. The third-order valence-corrected chi connectivity index (χ3v) is 5.12. The Kier molecular flexibility index (Phi) is 3.45. The highest BCUT2D eigenvalue weighted by Gasteiger charge is 2.32. The molecule has 1 aliphatic carbocycles. The van der Waals surface area contributed by atoms with Crippen LogP contribution in [0.15, 0.2) is 24.3 Å². The lowest BCUT2D eigenvalue weighted by atomic mass is 9.82. The van der Waals surface area contributed by atoms with Gasteiger partial charge in [0.2, 0.25) is 5.95 Å². The van der Waals surface area contributed by atoms with Gasteiger partial charge in [-0.05, 0) is 37.8 Å². The van der Waals surface area contributed by atoms with Gasteiger partial charge in [0.1, 0.15) is 5.82 Å². The van der Waals surface area contributed by atoms with Crippen molar-refractivity contribution in [2.24, 2.45) is 0 Å². The van der Waals surface area contributed by atoms with Crippen molar-refractivity contribution < 1.29 is 0 Å². The van der Waals surface area contributed by atoms with E-state index in [1.54, 1.807) is 0 Å². The summed E-state index contributed by atoms with van der Waals surface area (Å²) in [6, 6.07) is 8.53. The maximum absolute atomic E-state index is 6.06. The summed E-state index contributed by atoms with van der Waals surface area (Å²) in [5.41, 5.74) is 10.9. The average Bonchev–Trinajstić information content (AvgIpc) is 3.04. The summed E-state index contributed by atoms with van der Waals surface area (Å²) in [4.78, 5) is 11.6. The number of nitrogens with two attached hydrogens (primary N) is 1. The van der Waals surface area contributed by atoms with Gasteiger partial charge >= 0.3 is 0 Å². The maximum Gasteiger partial charge on any atom is 0.222 e. The molecule has 0 spiro atoms. The Balaban J connectivity index is 1.90. The predicted molar refractivity (Wildman–Crippen MR) is 93.4 cm³/mol.